The van der Waals surface area contributed by atoms with E-state index in [2.05, 4.69) is 10.6 Å². The van der Waals surface area contributed by atoms with Crippen LogP contribution in [0.1, 0.15) is 32.8 Å². The molecule has 0 bridgehead atoms. The van der Waals surface area contributed by atoms with E-state index in [9.17, 15) is 9.59 Å². The Morgan fingerprint density at radius 3 is 2.55 bits per heavy atom. The van der Waals surface area contributed by atoms with Gasteiger partial charge in [0, 0.05) is 32.2 Å². The Morgan fingerprint density at radius 2 is 1.95 bits per heavy atom. The SMILES string of the molecule is CCC(C)NC(=O)Nc1ccccc1CN(C)C(C)=O. The van der Waals surface area contributed by atoms with Crippen molar-refractivity contribution in [2.45, 2.75) is 39.8 Å². The molecule has 0 fully saturated rings. The number of rotatable bonds is 5. The first-order valence-electron chi connectivity index (χ1n) is 6.81. The number of carbonyl (C=O) groups excluding carboxylic acids is 2. The van der Waals surface area contributed by atoms with Crippen molar-refractivity contribution in [1.82, 2.24) is 10.2 Å². The summed E-state index contributed by atoms with van der Waals surface area (Å²) in [4.78, 5) is 24.7. The Bertz CT molecular complexity index is 474. The van der Waals surface area contributed by atoms with E-state index < -0.39 is 0 Å². The molecule has 1 aromatic carbocycles. The quantitative estimate of drug-likeness (QED) is 0.869. The highest BCUT2D eigenvalue weighted by Gasteiger charge is 2.10. The van der Waals surface area contributed by atoms with Crippen molar-refractivity contribution in [3.8, 4) is 0 Å². The van der Waals surface area contributed by atoms with Gasteiger partial charge in [-0.2, -0.15) is 0 Å². The average molecular weight is 277 g/mol. The molecule has 0 aliphatic rings. The van der Waals surface area contributed by atoms with Crippen LogP contribution in [0.25, 0.3) is 0 Å². The van der Waals surface area contributed by atoms with E-state index in [1.165, 1.54) is 6.92 Å². The zero-order chi connectivity index (χ0) is 15.1. The van der Waals surface area contributed by atoms with Gasteiger partial charge in [0.1, 0.15) is 0 Å². The zero-order valence-electron chi connectivity index (χ0n) is 12.6. The Balaban J connectivity index is 2.75. The van der Waals surface area contributed by atoms with E-state index in [4.69, 9.17) is 0 Å². The Hall–Kier alpha value is -2.04. The second-order valence-electron chi connectivity index (χ2n) is 4.94. The van der Waals surface area contributed by atoms with Crippen molar-refractivity contribution in [2.75, 3.05) is 12.4 Å². The molecule has 5 heteroatoms. The molecule has 1 aromatic rings. The van der Waals surface area contributed by atoms with Crippen molar-refractivity contribution in [3.05, 3.63) is 29.8 Å². The molecule has 0 radical (unpaired) electrons. The second-order valence-corrected chi connectivity index (χ2v) is 4.94. The molecule has 0 spiro atoms. The van der Waals surface area contributed by atoms with Crippen molar-refractivity contribution < 1.29 is 9.59 Å². The van der Waals surface area contributed by atoms with Crippen LogP contribution in [0.2, 0.25) is 0 Å². The number of para-hydroxylation sites is 1. The number of hydrogen-bond acceptors (Lipinski definition) is 2. The van der Waals surface area contributed by atoms with Crippen LogP contribution in [0.15, 0.2) is 24.3 Å². The monoisotopic (exact) mass is 277 g/mol. The summed E-state index contributed by atoms with van der Waals surface area (Å²) in [6.07, 6.45) is 0.877. The molecule has 0 saturated heterocycles. The Labute approximate surface area is 120 Å². The molecule has 1 rings (SSSR count). The zero-order valence-corrected chi connectivity index (χ0v) is 12.6. The summed E-state index contributed by atoms with van der Waals surface area (Å²) in [7, 11) is 1.73. The summed E-state index contributed by atoms with van der Waals surface area (Å²) in [6, 6.07) is 7.38. The first-order valence-corrected chi connectivity index (χ1v) is 6.81. The van der Waals surface area contributed by atoms with Gasteiger partial charge in [-0.25, -0.2) is 4.79 Å². The van der Waals surface area contributed by atoms with Crippen LogP contribution in [-0.2, 0) is 11.3 Å². The number of nitrogens with zero attached hydrogens (tertiary/aromatic N) is 1. The second kappa shape index (κ2) is 7.53. The fourth-order valence-corrected chi connectivity index (χ4v) is 1.63. The van der Waals surface area contributed by atoms with Gasteiger partial charge in [-0.15, -0.1) is 0 Å². The minimum atomic E-state index is -0.225. The molecular formula is C15H23N3O2. The maximum absolute atomic E-state index is 11.9. The summed E-state index contributed by atoms with van der Waals surface area (Å²) in [6.45, 7) is 5.95. The first kappa shape index (κ1) is 16.0. The van der Waals surface area contributed by atoms with Crippen LogP contribution in [-0.4, -0.2) is 29.9 Å². The molecule has 2 N–H and O–H groups in total. The molecule has 3 amide bonds. The fraction of sp³-hybridized carbons (Fsp3) is 0.467. The summed E-state index contributed by atoms with van der Waals surface area (Å²) < 4.78 is 0. The molecule has 0 aromatic heterocycles. The van der Waals surface area contributed by atoms with Crippen molar-refractivity contribution in [1.29, 1.82) is 0 Å². The fourth-order valence-electron chi connectivity index (χ4n) is 1.63. The van der Waals surface area contributed by atoms with E-state index in [0.29, 0.717) is 6.54 Å². The van der Waals surface area contributed by atoms with Crippen LogP contribution in [0.3, 0.4) is 0 Å². The molecule has 5 nitrogen and oxygen atoms in total. The van der Waals surface area contributed by atoms with Crippen molar-refractivity contribution in [2.24, 2.45) is 0 Å². The predicted octanol–water partition coefficient (Wildman–Crippen LogP) is 2.58. The van der Waals surface area contributed by atoms with E-state index in [-0.39, 0.29) is 18.0 Å². The molecule has 0 heterocycles. The largest absolute Gasteiger partial charge is 0.342 e. The lowest BCUT2D eigenvalue weighted by atomic mass is 10.1. The first-order chi connectivity index (χ1) is 9.43. The van der Waals surface area contributed by atoms with Crippen LogP contribution in [0.4, 0.5) is 10.5 Å². The third-order valence-electron chi connectivity index (χ3n) is 3.20. The topological polar surface area (TPSA) is 61.4 Å². The van der Waals surface area contributed by atoms with E-state index in [0.717, 1.165) is 17.7 Å². The van der Waals surface area contributed by atoms with Crippen LogP contribution in [0.5, 0.6) is 0 Å². The Morgan fingerprint density at radius 1 is 1.30 bits per heavy atom. The van der Waals surface area contributed by atoms with Gasteiger partial charge in [-0.05, 0) is 25.0 Å². The lowest BCUT2D eigenvalue weighted by Crippen LogP contribution is -2.36. The van der Waals surface area contributed by atoms with E-state index >= 15 is 0 Å². The van der Waals surface area contributed by atoms with Gasteiger partial charge in [-0.3, -0.25) is 4.79 Å². The van der Waals surface area contributed by atoms with E-state index in [1.807, 2.05) is 38.1 Å². The molecule has 1 atom stereocenters. The minimum absolute atomic E-state index is 0.0103. The summed E-state index contributed by atoms with van der Waals surface area (Å²) in [5.41, 5.74) is 1.63. The van der Waals surface area contributed by atoms with Gasteiger partial charge in [0.05, 0.1) is 0 Å². The minimum Gasteiger partial charge on any atom is -0.342 e. The molecule has 0 aliphatic heterocycles. The number of hydrogen-bond donors (Lipinski definition) is 2. The number of nitrogens with one attached hydrogen (secondary N) is 2. The number of urea groups is 1. The van der Waals surface area contributed by atoms with Gasteiger partial charge in [-0.1, -0.05) is 25.1 Å². The summed E-state index contributed by atoms with van der Waals surface area (Å²) in [5, 5.41) is 5.68. The highest BCUT2D eigenvalue weighted by Crippen LogP contribution is 2.16. The maximum Gasteiger partial charge on any atom is 0.319 e. The normalized spacial score (nSPS) is 11.6. The molecule has 0 saturated carbocycles. The lowest BCUT2D eigenvalue weighted by Gasteiger charge is -2.19. The van der Waals surface area contributed by atoms with Gasteiger partial charge >= 0.3 is 6.03 Å². The van der Waals surface area contributed by atoms with Crippen molar-refractivity contribution >= 4 is 17.6 Å². The van der Waals surface area contributed by atoms with Gasteiger partial charge in [0.25, 0.3) is 0 Å². The van der Waals surface area contributed by atoms with Gasteiger partial charge in [0.15, 0.2) is 0 Å². The number of anilines is 1. The van der Waals surface area contributed by atoms with Crippen LogP contribution >= 0.6 is 0 Å². The molecule has 110 valence electrons. The highest BCUT2D eigenvalue weighted by molar-refractivity contribution is 5.90. The number of carbonyl (C=O) groups is 2. The van der Waals surface area contributed by atoms with Gasteiger partial charge < -0.3 is 15.5 Å². The lowest BCUT2D eigenvalue weighted by molar-refractivity contribution is -0.128. The van der Waals surface area contributed by atoms with Crippen LogP contribution in [0, 0.1) is 0 Å². The van der Waals surface area contributed by atoms with Gasteiger partial charge in [0.2, 0.25) is 5.91 Å². The summed E-state index contributed by atoms with van der Waals surface area (Å²) >= 11 is 0. The standard InChI is InChI=1S/C15H23N3O2/c1-5-11(2)16-15(20)17-14-9-7-6-8-13(14)10-18(4)12(3)19/h6-9,11H,5,10H2,1-4H3,(H2,16,17,20). The molecular weight excluding hydrogens is 254 g/mol. The third-order valence-corrected chi connectivity index (χ3v) is 3.20. The molecule has 0 aliphatic carbocycles. The third kappa shape index (κ3) is 4.91. The maximum atomic E-state index is 11.9. The smallest absolute Gasteiger partial charge is 0.319 e. The molecule has 1 unspecified atom stereocenters. The predicted molar refractivity (Wildman–Crippen MR) is 80.5 cm³/mol. The summed E-state index contributed by atoms with van der Waals surface area (Å²) in [5.74, 6) is -0.0103. The molecule has 20 heavy (non-hydrogen) atoms. The van der Waals surface area contributed by atoms with Crippen LogP contribution < -0.4 is 10.6 Å². The van der Waals surface area contributed by atoms with Crippen molar-refractivity contribution in [3.63, 3.8) is 0 Å². The average Bonchev–Trinajstić information content (AvgIpc) is 2.40. The highest BCUT2D eigenvalue weighted by atomic mass is 16.2. The number of amides is 3. The van der Waals surface area contributed by atoms with E-state index in [1.54, 1.807) is 11.9 Å². The number of benzene rings is 1. The Kier molecular flexibility index (Phi) is 6.03.